The zero-order valence-corrected chi connectivity index (χ0v) is 8.15. The van der Waals surface area contributed by atoms with Gasteiger partial charge in [-0.15, -0.1) is 0 Å². The molecule has 0 fully saturated rings. The zero-order valence-electron chi connectivity index (χ0n) is 5.81. The summed E-state index contributed by atoms with van der Waals surface area (Å²) in [5, 5.41) is 17.0. The normalized spacial score (nSPS) is 10.8. The molecule has 1 aromatic carbocycles. The van der Waals surface area contributed by atoms with Crippen molar-refractivity contribution in [1.82, 2.24) is 10.2 Å². The third-order valence-electron chi connectivity index (χ3n) is 1.55. The largest absolute Gasteiger partial charge is 0.508 e. The van der Waals surface area contributed by atoms with Crippen LogP contribution in [0.3, 0.4) is 0 Å². The van der Waals surface area contributed by atoms with Crippen molar-refractivity contribution >= 4 is 38.4 Å². The fourth-order valence-electron chi connectivity index (χ4n) is 1.05. The molecular weight excluding hydrogens is 243 g/mol. The Kier molecular flexibility index (Phi) is 1.73. The Balaban J connectivity index is 2.93. The Morgan fingerprint density at radius 3 is 3.00 bits per heavy atom. The number of H-pyrrole nitrogens is 1. The Morgan fingerprint density at radius 2 is 2.25 bits per heavy atom. The van der Waals surface area contributed by atoms with Gasteiger partial charge in [0.05, 0.1) is 10.9 Å². The minimum Gasteiger partial charge on any atom is -0.508 e. The molecule has 1 aromatic heterocycles. The van der Waals surface area contributed by atoms with E-state index in [9.17, 15) is 5.11 Å². The van der Waals surface area contributed by atoms with Gasteiger partial charge >= 0.3 is 0 Å². The quantitative estimate of drug-likeness (QED) is 0.752. The number of phenolic OH excluding ortho intramolecular Hbond substituents is 1. The molecule has 62 valence electrons. The molecule has 0 bridgehead atoms. The highest BCUT2D eigenvalue weighted by Gasteiger charge is 2.07. The number of aromatic amines is 1. The van der Waals surface area contributed by atoms with Gasteiger partial charge in [-0.3, -0.25) is 5.10 Å². The van der Waals surface area contributed by atoms with Crippen LogP contribution in [0.25, 0.3) is 10.9 Å². The molecule has 2 rings (SSSR count). The van der Waals surface area contributed by atoms with E-state index in [0.717, 1.165) is 9.86 Å². The first-order valence-corrected chi connectivity index (χ1v) is 4.37. The molecule has 0 atom stereocenters. The van der Waals surface area contributed by atoms with Gasteiger partial charge in [0, 0.05) is 10.5 Å². The molecule has 3 nitrogen and oxygen atoms in total. The molecule has 0 saturated carbocycles. The van der Waals surface area contributed by atoms with Crippen LogP contribution in [-0.4, -0.2) is 15.3 Å². The lowest BCUT2D eigenvalue weighted by molar-refractivity contribution is 0.475. The van der Waals surface area contributed by atoms with Gasteiger partial charge in [-0.2, -0.15) is 5.10 Å². The maximum atomic E-state index is 9.19. The zero-order chi connectivity index (χ0) is 8.72. The molecule has 0 aliphatic heterocycles. The number of benzene rings is 1. The van der Waals surface area contributed by atoms with Crippen LogP contribution in [0.5, 0.6) is 5.75 Å². The van der Waals surface area contributed by atoms with E-state index in [1.165, 1.54) is 0 Å². The van der Waals surface area contributed by atoms with Crippen molar-refractivity contribution in [2.75, 3.05) is 0 Å². The number of hydrogen-bond donors (Lipinski definition) is 2. The van der Waals surface area contributed by atoms with Crippen molar-refractivity contribution in [2.45, 2.75) is 0 Å². The van der Waals surface area contributed by atoms with Crippen LogP contribution in [0.1, 0.15) is 0 Å². The summed E-state index contributed by atoms with van der Waals surface area (Å²) in [5.74, 6) is 0.164. The van der Waals surface area contributed by atoms with Gasteiger partial charge in [0.1, 0.15) is 10.9 Å². The minimum atomic E-state index is 0.164. The first kappa shape index (κ1) is 7.89. The van der Waals surface area contributed by atoms with Gasteiger partial charge in [-0.1, -0.05) is 11.6 Å². The van der Waals surface area contributed by atoms with E-state index in [1.807, 2.05) is 0 Å². The predicted molar refractivity (Wildman–Crippen MR) is 50.5 cm³/mol. The van der Waals surface area contributed by atoms with Crippen molar-refractivity contribution in [3.8, 4) is 5.75 Å². The maximum Gasteiger partial charge on any atom is 0.133 e. The Hall–Kier alpha value is -0.740. The molecule has 0 radical (unpaired) electrons. The Morgan fingerprint density at radius 1 is 1.50 bits per heavy atom. The van der Waals surface area contributed by atoms with Crippen LogP contribution >= 0.6 is 27.5 Å². The molecule has 0 aliphatic rings. The highest BCUT2D eigenvalue weighted by Crippen LogP contribution is 2.31. The second kappa shape index (κ2) is 2.64. The molecule has 2 N–H and O–H groups in total. The van der Waals surface area contributed by atoms with Crippen molar-refractivity contribution in [1.29, 1.82) is 0 Å². The van der Waals surface area contributed by atoms with Crippen molar-refractivity contribution in [2.24, 2.45) is 0 Å². The molecule has 0 unspecified atom stereocenters. The summed E-state index contributed by atoms with van der Waals surface area (Å²) >= 11 is 9.07. The second-order valence-corrected chi connectivity index (χ2v) is 3.59. The monoisotopic (exact) mass is 246 g/mol. The second-order valence-electron chi connectivity index (χ2n) is 2.36. The fourth-order valence-corrected chi connectivity index (χ4v) is 2.04. The number of nitrogens with one attached hydrogen (secondary N) is 1. The number of phenols is 1. The summed E-state index contributed by atoms with van der Waals surface area (Å²) in [6.07, 6.45) is 0. The van der Waals surface area contributed by atoms with Crippen molar-refractivity contribution in [3.05, 3.63) is 21.8 Å². The number of nitrogens with zero attached hydrogens (tertiary/aromatic N) is 1. The highest BCUT2D eigenvalue weighted by molar-refractivity contribution is 9.10. The highest BCUT2D eigenvalue weighted by atomic mass is 79.9. The molecule has 0 amide bonds. The number of aromatic hydroxyl groups is 1. The standard InChI is InChI=1S/C7H4BrClN2O/c8-4-1-3(12)2-5-6(4)7(9)11-10-5/h1-2,12H,(H,10,11). The van der Waals surface area contributed by atoms with Crippen LogP contribution in [0.4, 0.5) is 0 Å². The van der Waals surface area contributed by atoms with Crippen molar-refractivity contribution in [3.63, 3.8) is 0 Å². The van der Waals surface area contributed by atoms with Gasteiger partial charge in [-0.25, -0.2) is 0 Å². The maximum absolute atomic E-state index is 9.19. The predicted octanol–water partition coefficient (Wildman–Crippen LogP) is 2.68. The van der Waals surface area contributed by atoms with E-state index in [4.69, 9.17) is 11.6 Å². The van der Waals surface area contributed by atoms with Crippen LogP contribution < -0.4 is 0 Å². The molecule has 12 heavy (non-hydrogen) atoms. The summed E-state index contributed by atoms with van der Waals surface area (Å²) in [6, 6.07) is 3.12. The first-order valence-electron chi connectivity index (χ1n) is 3.20. The van der Waals surface area contributed by atoms with E-state index < -0.39 is 0 Å². The Labute approximate surface area is 81.5 Å². The van der Waals surface area contributed by atoms with E-state index in [1.54, 1.807) is 12.1 Å². The molecule has 0 aliphatic carbocycles. The number of hydrogen-bond acceptors (Lipinski definition) is 2. The molecule has 5 heteroatoms. The van der Waals surface area contributed by atoms with Gasteiger partial charge in [0.2, 0.25) is 0 Å². The lowest BCUT2D eigenvalue weighted by Gasteiger charge is -1.94. The number of halogens is 2. The number of rotatable bonds is 0. The molecule has 0 spiro atoms. The number of aromatic nitrogens is 2. The summed E-state index contributed by atoms with van der Waals surface area (Å²) in [5.41, 5.74) is 0.645. The lowest BCUT2D eigenvalue weighted by Crippen LogP contribution is -1.71. The van der Waals surface area contributed by atoms with Crippen LogP contribution in [-0.2, 0) is 0 Å². The summed E-state index contributed by atoms with van der Waals surface area (Å²) in [6.45, 7) is 0. The van der Waals surface area contributed by atoms with Crippen LogP contribution in [0.15, 0.2) is 16.6 Å². The van der Waals surface area contributed by atoms with E-state index >= 15 is 0 Å². The van der Waals surface area contributed by atoms with Crippen molar-refractivity contribution < 1.29 is 5.11 Å². The third-order valence-corrected chi connectivity index (χ3v) is 2.45. The fraction of sp³-hybridized carbons (Fsp3) is 0. The first-order chi connectivity index (χ1) is 5.68. The summed E-state index contributed by atoms with van der Waals surface area (Å²) in [4.78, 5) is 0. The van der Waals surface area contributed by atoms with Gasteiger partial charge in [-0.05, 0) is 22.0 Å². The molecular formula is C7H4BrClN2O. The van der Waals surface area contributed by atoms with E-state index in [-0.39, 0.29) is 5.75 Å². The lowest BCUT2D eigenvalue weighted by atomic mass is 10.2. The van der Waals surface area contributed by atoms with E-state index in [0.29, 0.717) is 10.7 Å². The molecule has 2 aromatic rings. The molecule has 1 heterocycles. The minimum absolute atomic E-state index is 0.164. The average Bonchev–Trinajstić information content (AvgIpc) is 2.31. The topological polar surface area (TPSA) is 48.9 Å². The van der Waals surface area contributed by atoms with E-state index in [2.05, 4.69) is 26.1 Å². The average molecular weight is 247 g/mol. The molecule has 0 saturated heterocycles. The van der Waals surface area contributed by atoms with Gasteiger partial charge in [0.15, 0.2) is 0 Å². The SMILES string of the molecule is Oc1cc(Br)c2c(Cl)[nH]nc2c1. The smallest absolute Gasteiger partial charge is 0.133 e. The third kappa shape index (κ3) is 1.07. The van der Waals surface area contributed by atoms with Crippen LogP contribution in [0.2, 0.25) is 5.15 Å². The summed E-state index contributed by atoms with van der Waals surface area (Å²) < 4.78 is 0.733. The number of fused-ring (bicyclic) bond motifs is 1. The van der Waals surface area contributed by atoms with Crippen LogP contribution in [0, 0.1) is 0 Å². The summed E-state index contributed by atoms with van der Waals surface area (Å²) in [7, 11) is 0. The van der Waals surface area contributed by atoms with Gasteiger partial charge in [0.25, 0.3) is 0 Å². The van der Waals surface area contributed by atoms with Gasteiger partial charge < -0.3 is 5.11 Å². The Bertz CT molecular complexity index is 440.